The molecule has 1 aliphatic carbocycles. The normalized spacial score (nSPS) is 20.5. The summed E-state index contributed by atoms with van der Waals surface area (Å²) < 4.78 is 31.8. The number of halogens is 2. The molecule has 0 atom stereocenters. The van der Waals surface area contributed by atoms with Gasteiger partial charge >= 0.3 is 0 Å². The van der Waals surface area contributed by atoms with E-state index in [1.807, 2.05) is 4.90 Å². The fourth-order valence-corrected chi connectivity index (χ4v) is 3.54. The zero-order valence-electron chi connectivity index (χ0n) is 13.3. The van der Waals surface area contributed by atoms with E-state index in [-0.39, 0.29) is 17.9 Å². The van der Waals surface area contributed by atoms with Gasteiger partial charge in [-0.15, -0.1) is 0 Å². The molecule has 1 aliphatic heterocycles. The van der Waals surface area contributed by atoms with Crippen LogP contribution in [-0.2, 0) is 4.79 Å². The highest BCUT2D eigenvalue weighted by atomic mass is 19.2. The molecule has 2 aliphatic rings. The van der Waals surface area contributed by atoms with E-state index in [0.717, 1.165) is 50.7 Å². The summed E-state index contributed by atoms with van der Waals surface area (Å²) in [6.07, 6.45) is 7.02. The van der Waals surface area contributed by atoms with Crippen LogP contribution >= 0.6 is 0 Å². The first-order chi connectivity index (χ1) is 11.1. The van der Waals surface area contributed by atoms with Crippen molar-refractivity contribution in [1.82, 2.24) is 4.90 Å². The summed E-state index contributed by atoms with van der Waals surface area (Å²) in [7, 11) is 0. The van der Waals surface area contributed by atoms with Crippen LogP contribution in [0.5, 0.6) is 5.75 Å². The van der Waals surface area contributed by atoms with Crippen molar-refractivity contribution in [2.75, 3.05) is 13.1 Å². The van der Waals surface area contributed by atoms with Crippen LogP contribution in [0.25, 0.3) is 0 Å². The second-order valence-corrected chi connectivity index (χ2v) is 6.55. The van der Waals surface area contributed by atoms with Gasteiger partial charge < -0.3 is 9.64 Å². The van der Waals surface area contributed by atoms with Gasteiger partial charge in [0, 0.05) is 37.9 Å². The molecular formula is C18H23F2NO2. The Labute approximate surface area is 135 Å². The van der Waals surface area contributed by atoms with Crippen LogP contribution in [0.15, 0.2) is 18.2 Å². The van der Waals surface area contributed by atoms with Crippen molar-refractivity contribution in [2.45, 2.75) is 51.0 Å². The summed E-state index contributed by atoms with van der Waals surface area (Å²) in [5.74, 6) is -0.929. The number of likely N-dealkylation sites (tertiary alicyclic amines) is 1. The predicted octanol–water partition coefficient (Wildman–Crippen LogP) is 3.91. The average Bonchev–Trinajstić information content (AvgIpc) is 2.59. The number of piperidine rings is 1. The van der Waals surface area contributed by atoms with Gasteiger partial charge in [0.1, 0.15) is 11.9 Å². The summed E-state index contributed by atoms with van der Waals surface area (Å²) >= 11 is 0. The van der Waals surface area contributed by atoms with E-state index < -0.39 is 11.6 Å². The van der Waals surface area contributed by atoms with Crippen LogP contribution in [0, 0.1) is 17.6 Å². The molecular weight excluding hydrogens is 300 g/mol. The van der Waals surface area contributed by atoms with Crippen LogP contribution in [-0.4, -0.2) is 30.0 Å². The molecule has 1 amide bonds. The van der Waals surface area contributed by atoms with E-state index in [4.69, 9.17) is 4.74 Å². The molecule has 126 valence electrons. The molecule has 5 heteroatoms. The fraction of sp³-hybridized carbons (Fsp3) is 0.611. The van der Waals surface area contributed by atoms with Gasteiger partial charge in [0.25, 0.3) is 0 Å². The summed E-state index contributed by atoms with van der Waals surface area (Å²) in [4.78, 5) is 14.4. The summed E-state index contributed by atoms with van der Waals surface area (Å²) in [5, 5.41) is 0. The number of benzene rings is 1. The molecule has 1 saturated heterocycles. The molecule has 1 aromatic rings. The third-order valence-electron chi connectivity index (χ3n) is 4.90. The maximum absolute atomic E-state index is 13.2. The van der Waals surface area contributed by atoms with Crippen molar-refractivity contribution in [3.8, 4) is 5.75 Å². The fourth-order valence-electron chi connectivity index (χ4n) is 3.54. The predicted molar refractivity (Wildman–Crippen MR) is 83.2 cm³/mol. The van der Waals surface area contributed by atoms with Gasteiger partial charge in [-0.1, -0.05) is 19.3 Å². The Hall–Kier alpha value is -1.65. The summed E-state index contributed by atoms with van der Waals surface area (Å²) in [6, 6.07) is 3.60. The topological polar surface area (TPSA) is 29.5 Å². The molecule has 1 aromatic carbocycles. The molecule has 23 heavy (non-hydrogen) atoms. The number of ether oxygens (including phenoxy) is 1. The van der Waals surface area contributed by atoms with Crippen LogP contribution in [0.1, 0.15) is 44.9 Å². The first-order valence-electron chi connectivity index (χ1n) is 8.54. The van der Waals surface area contributed by atoms with Crippen molar-refractivity contribution in [3.63, 3.8) is 0 Å². The van der Waals surface area contributed by atoms with Gasteiger partial charge in [-0.2, -0.15) is 0 Å². The highest BCUT2D eigenvalue weighted by molar-refractivity contribution is 5.79. The first kappa shape index (κ1) is 16.2. The average molecular weight is 323 g/mol. The van der Waals surface area contributed by atoms with Crippen molar-refractivity contribution < 1.29 is 18.3 Å². The van der Waals surface area contributed by atoms with Gasteiger partial charge in [-0.3, -0.25) is 4.79 Å². The quantitative estimate of drug-likeness (QED) is 0.844. The second kappa shape index (κ2) is 7.28. The maximum atomic E-state index is 13.2. The lowest BCUT2D eigenvalue weighted by atomic mass is 9.88. The van der Waals surface area contributed by atoms with E-state index >= 15 is 0 Å². The lowest BCUT2D eigenvalue weighted by molar-refractivity contribution is -0.138. The van der Waals surface area contributed by atoms with Crippen LogP contribution in [0.4, 0.5) is 8.78 Å². The zero-order chi connectivity index (χ0) is 16.2. The third-order valence-corrected chi connectivity index (χ3v) is 4.90. The number of hydrogen-bond acceptors (Lipinski definition) is 2. The van der Waals surface area contributed by atoms with Crippen LogP contribution < -0.4 is 4.74 Å². The monoisotopic (exact) mass is 323 g/mol. The molecule has 3 nitrogen and oxygen atoms in total. The van der Waals surface area contributed by atoms with Crippen LogP contribution in [0.3, 0.4) is 0 Å². The number of nitrogens with zero attached hydrogens (tertiary/aromatic N) is 1. The molecule has 0 unspecified atom stereocenters. The Morgan fingerprint density at radius 2 is 1.70 bits per heavy atom. The highest BCUT2D eigenvalue weighted by Crippen LogP contribution is 2.27. The molecule has 0 N–H and O–H groups in total. The number of carbonyl (C=O) groups is 1. The van der Waals surface area contributed by atoms with Crippen molar-refractivity contribution >= 4 is 5.91 Å². The molecule has 0 bridgehead atoms. The smallest absolute Gasteiger partial charge is 0.225 e. The lowest BCUT2D eigenvalue weighted by Gasteiger charge is -2.35. The number of amides is 1. The van der Waals surface area contributed by atoms with Crippen molar-refractivity contribution in [3.05, 3.63) is 29.8 Å². The Morgan fingerprint density at radius 1 is 1.00 bits per heavy atom. The van der Waals surface area contributed by atoms with E-state index in [1.165, 1.54) is 12.5 Å². The molecule has 0 aromatic heterocycles. The van der Waals surface area contributed by atoms with Gasteiger partial charge in [-0.05, 0) is 25.0 Å². The number of rotatable bonds is 3. The van der Waals surface area contributed by atoms with Crippen molar-refractivity contribution in [2.24, 2.45) is 5.92 Å². The molecule has 0 spiro atoms. The minimum atomic E-state index is -0.896. The zero-order valence-corrected chi connectivity index (χ0v) is 13.3. The SMILES string of the molecule is O=C(C1CCCCC1)N1CCC(Oc2ccc(F)c(F)c2)CC1. The second-order valence-electron chi connectivity index (χ2n) is 6.55. The van der Waals surface area contributed by atoms with E-state index in [2.05, 4.69) is 0 Å². The lowest BCUT2D eigenvalue weighted by Crippen LogP contribution is -2.44. The summed E-state index contributed by atoms with van der Waals surface area (Å²) in [6.45, 7) is 1.37. The van der Waals surface area contributed by atoms with Gasteiger partial charge in [-0.25, -0.2) is 8.78 Å². The van der Waals surface area contributed by atoms with Gasteiger partial charge in [0.15, 0.2) is 11.6 Å². The van der Waals surface area contributed by atoms with E-state index in [9.17, 15) is 13.6 Å². The van der Waals surface area contributed by atoms with E-state index in [1.54, 1.807) is 0 Å². The minimum absolute atomic E-state index is 0.0460. The molecule has 0 radical (unpaired) electrons. The third kappa shape index (κ3) is 4.01. The van der Waals surface area contributed by atoms with Gasteiger partial charge in [0.2, 0.25) is 5.91 Å². The molecule has 2 fully saturated rings. The largest absolute Gasteiger partial charge is 0.490 e. The Morgan fingerprint density at radius 3 is 2.35 bits per heavy atom. The Kier molecular flexibility index (Phi) is 5.13. The Bertz CT molecular complexity index is 550. The first-order valence-corrected chi connectivity index (χ1v) is 8.54. The molecule has 3 rings (SSSR count). The van der Waals surface area contributed by atoms with Crippen molar-refractivity contribution in [1.29, 1.82) is 0 Å². The molecule has 1 saturated carbocycles. The van der Waals surface area contributed by atoms with E-state index in [0.29, 0.717) is 18.8 Å². The highest BCUT2D eigenvalue weighted by Gasteiger charge is 2.29. The number of hydrogen-bond donors (Lipinski definition) is 0. The van der Waals surface area contributed by atoms with Crippen LogP contribution in [0.2, 0.25) is 0 Å². The minimum Gasteiger partial charge on any atom is -0.490 e. The Balaban J connectivity index is 1.49. The maximum Gasteiger partial charge on any atom is 0.225 e. The standard InChI is InChI=1S/C18H23F2NO2/c19-16-7-6-15(12-17(16)20)23-14-8-10-21(11-9-14)18(22)13-4-2-1-3-5-13/h6-7,12-14H,1-5,8-11H2. The molecule has 1 heterocycles. The van der Waals surface area contributed by atoms with Gasteiger partial charge in [0.05, 0.1) is 0 Å². The number of carbonyl (C=O) groups excluding carboxylic acids is 1. The summed E-state index contributed by atoms with van der Waals surface area (Å²) in [5.41, 5.74) is 0.